The van der Waals surface area contributed by atoms with E-state index in [0.29, 0.717) is 22.9 Å². The van der Waals surface area contributed by atoms with Crippen molar-refractivity contribution in [3.8, 4) is 0 Å². The third-order valence-corrected chi connectivity index (χ3v) is 5.25. The van der Waals surface area contributed by atoms with Gasteiger partial charge in [0.25, 0.3) is 0 Å². The maximum Gasteiger partial charge on any atom is 0.419 e. The fraction of sp³-hybridized carbons (Fsp3) is 0.417. The van der Waals surface area contributed by atoms with Gasteiger partial charge in [-0.05, 0) is 31.0 Å². The highest BCUT2D eigenvalue weighted by Crippen LogP contribution is 2.33. The van der Waals surface area contributed by atoms with Crippen molar-refractivity contribution in [2.45, 2.75) is 30.0 Å². The minimum absolute atomic E-state index is 0.0814. The van der Waals surface area contributed by atoms with Crippen molar-refractivity contribution in [2.24, 2.45) is 0 Å². The van der Waals surface area contributed by atoms with Crippen molar-refractivity contribution >= 4 is 16.0 Å². The standard InChI is InChI=1S/C12H11F4NO4S/c13-9-6-7(3-4-8(9)12(14,15)16)22(20,21)17-5-1-2-10(17)11(18)19/h3-4,6,10H,1-2,5H2,(H,18,19)/t10-/m0/s1. The number of halogens is 4. The summed E-state index contributed by atoms with van der Waals surface area (Å²) in [5.74, 6) is -3.08. The second-order valence-electron chi connectivity index (χ2n) is 4.75. The van der Waals surface area contributed by atoms with E-state index in [1.165, 1.54) is 0 Å². The lowest BCUT2D eigenvalue weighted by molar-refractivity contribution is -0.141. The number of carboxylic acids is 1. The first-order valence-corrected chi connectivity index (χ1v) is 7.60. The van der Waals surface area contributed by atoms with Gasteiger partial charge >= 0.3 is 12.1 Å². The molecule has 22 heavy (non-hydrogen) atoms. The molecule has 1 aliphatic rings. The zero-order chi connectivity index (χ0) is 16.7. The molecule has 5 nitrogen and oxygen atoms in total. The van der Waals surface area contributed by atoms with E-state index >= 15 is 0 Å². The van der Waals surface area contributed by atoms with Crippen LogP contribution in [0.1, 0.15) is 18.4 Å². The van der Waals surface area contributed by atoms with Gasteiger partial charge in [0.15, 0.2) is 0 Å². The largest absolute Gasteiger partial charge is 0.480 e. The molecule has 1 heterocycles. The first kappa shape index (κ1) is 16.7. The minimum Gasteiger partial charge on any atom is -0.480 e. The van der Waals surface area contributed by atoms with Crippen LogP contribution in [0, 0.1) is 5.82 Å². The van der Waals surface area contributed by atoms with E-state index in [1.54, 1.807) is 0 Å². The SMILES string of the molecule is O=C(O)[C@@H]1CCCN1S(=O)(=O)c1ccc(C(F)(F)F)c(F)c1. The lowest BCUT2D eigenvalue weighted by atomic mass is 10.2. The number of hydrogen-bond donors (Lipinski definition) is 1. The van der Waals surface area contributed by atoms with Crippen LogP contribution in [0.2, 0.25) is 0 Å². The highest BCUT2D eigenvalue weighted by atomic mass is 32.2. The number of benzene rings is 1. The Kier molecular flexibility index (Phi) is 4.18. The third kappa shape index (κ3) is 2.93. The Labute approximate surface area is 123 Å². The van der Waals surface area contributed by atoms with Gasteiger partial charge in [-0.25, -0.2) is 12.8 Å². The average molecular weight is 341 g/mol. The monoisotopic (exact) mass is 341 g/mol. The number of hydrogen-bond acceptors (Lipinski definition) is 3. The number of aliphatic carboxylic acids is 1. The molecule has 0 unspecified atom stereocenters. The van der Waals surface area contributed by atoms with Crippen LogP contribution in [0.3, 0.4) is 0 Å². The van der Waals surface area contributed by atoms with Crippen LogP contribution in [-0.2, 0) is 21.0 Å². The van der Waals surface area contributed by atoms with Crippen LogP contribution in [0.15, 0.2) is 23.1 Å². The van der Waals surface area contributed by atoms with Crippen LogP contribution in [0.4, 0.5) is 17.6 Å². The number of carboxylic acid groups (broad SMARTS) is 1. The number of nitrogens with zero attached hydrogens (tertiary/aromatic N) is 1. The summed E-state index contributed by atoms with van der Waals surface area (Å²) >= 11 is 0. The van der Waals surface area contributed by atoms with Crippen molar-refractivity contribution in [1.82, 2.24) is 4.31 Å². The van der Waals surface area contributed by atoms with E-state index in [4.69, 9.17) is 5.11 Å². The highest BCUT2D eigenvalue weighted by molar-refractivity contribution is 7.89. The maximum atomic E-state index is 13.5. The molecule has 0 radical (unpaired) electrons. The molecule has 10 heteroatoms. The van der Waals surface area contributed by atoms with Gasteiger partial charge in [0.05, 0.1) is 10.5 Å². The summed E-state index contributed by atoms with van der Waals surface area (Å²) in [6.45, 7) is -0.0814. The number of sulfonamides is 1. The molecular formula is C12H11F4NO4S. The predicted molar refractivity (Wildman–Crippen MR) is 66.0 cm³/mol. The van der Waals surface area contributed by atoms with Crippen LogP contribution in [-0.4, -0.2) is 36.4 Å². The summed E-state index contributed by atoms with van der Waals surface area (Å²) in [6.07, 6.45) is -4.54. The number of alkyl halides is 3. The van der Waals surface area contributed by atoms with Crippen LogP contribution in [0.25, 0.3) is 0 Å². The molecular weight excluding hydrogens is 330 g/mol. The summed E-state index contributed by atoms with van der Waals surface area (Å²) in [4.78, 5) is 10.3. The summed E-state index contributed by atoms with van der Waals surface area (Å²) in [6, 6.07) is -0.0857. The van der Waals surface area contributed by atoms with Gasteiger partial charge in [0.1, 0.15) is 11.9 Å². The molecule has 0 amide bonds. The zero-order valence-electron chi connectivity index (χ0n) is 11.0. The van der Waals surface area contributed by atoms with Gasteiger partial charge in [-0.1, -0.05) is 0 Å². The van der Waals surface area contributed by atoms with Crippen molar-refractivity contribution in [3.05, 3.63) is 29.6 Å². The molecule has 0 bridgehead atoms. The van der Waals surface area contributed by atoms with E-state index in [0.717, 1.165) is 0 Å². The molecule has 1 saturated heterocycles. The van der Waals surface area contributed by atoms with E-state index < -0.39 is 44.5 Å². The molecule has 122 valence electrons. The molecule has 1 fully saturated rings. The summed E-state index contributed by atoms with van der Waals surface area (Å²) < 4.78 is 76.1. The second-order valence-corrected chi connectivity index (χ2v) is 6.64. The van der Waals surface area contributed by atoms with Crippen LogP contribution in [0.5, 0.6) is 0 Å². The van der Waals surface area contributed by atoms with E-state index in [1.807, 2.05) is 0 Å². The second kappa shape index (κ2) is 5.51. The zero-order valence-corrected chi connectivity index (χ0v) is 11.8. The topological polar surface area (TPSA) is 74.7 Å². The Hall–Kier alpha value is -1.68. The summed E-state index contributed by atoms with van der Waals surface area (Å²) in [5.41, 5.74) is -1.58. The van der Waals surface area contributed by atoms with Gasteiger partial charge in [0.2, 0.25) is 10.0 Å². The Morgan fingerprint density at radius 1 is 1.32 bits per heavy atom. The molecule has 1 N–H and O–H groups in total. The lowest BCUT2D eigenvalue weighted by Crippen LogP contribution is -2.40. The Balaban J connectivity index is 2.43. The molecule has 1 aromatic rings. The first-order chi connectivity index (χ1) is 10.0. The Morgan fingerprint density at radius 2 is 1.95 bits per heavy atom. The van der Waals surface area contributed by atoms with Crippen molar-refractivity contribution < 1.29 is 35.9 Å². The quantitative estimate of drug-likeness (QED) is 0.854. The molecule has 0 saturated carbocycles. The minimum atomic E-state index is -4.94. The molecule has 1 aliphatic heterocycles. The Bertz CT molecular complexity index is 702. The first-order valence-electron chi connectivity index (χ1n) is 6.16. The van der Waals surface area contributed by atoms with Gasteiger partial charge in [-0.2, -0.15) is 17.5 Å². The van der Waals surface area contributed by atoms with E-state index in [9.17, 15) is 30.8 Å². The average Bonchev–Trinajstić information content (AvgIpc) is 2.86. The molecule has 0 spiro atoms. The van der Waals surface area contributed by atoms with Crippen molar-refractivity contribution in [1.29, 1.82) is 0 Å². The molecule has 1 aromatic carbocycles. The van der Waals surface area contributed by atoms with Gasteiger partial charge in [-0.3, -0.25) is 4.79 Å². The lowest BCUT2D eigenvalue weighted by Gasteiger charge is -2.21. The molecule has 0 aliphatic carbocycles. The number of carbonyl (C=O) groups is 1. The smallest absolute Gasteiger partial charge is 0.419 e. The van der Waals surface area contributed by atoms with Gasteiger partial charge < -0.3 is 5.11 Å². The maximum absolute atomic E-state index is 13.5. The summed E-state index contributed by atoms with van der Waals surface area (Å²) in [5, 5.41) is 8.97. The van der Waals surface area contributed by atoms with Gasteiger partial charge in [-0.15, -0.1) is 0 Å². The Morgan fingerprint density at radius 3 is 2.45 bits per heavy atom. The van der Waals surface area contributed by atoms with E-state index in [-0.39, 0.29) is 19.0 Å². The van der Waals surface area contributed by atoms with Crippen LogP contribution >= 0.6 is 0 Å². The number of rotatable bonds is 3. The van der Waals surface area contributed by atoms with E-state index in [2.05, 4.69) is 0 Å². The predicted octanol–water partition coefficient (Wildman–Crippen LogP) is 2.08. The summed E-state index contributed by atoms with van der Waals surface area (Å²) in [7, 11) is -4.37. The third-order valence-electron chi connectivity index (χ3n) is 3.34. The fourth-order valence-corrected chi connectivity index (χ4v) is 3.96. The normalized spacial score (nSPS) is 20.3. The molecule has 0 aromatic heterocycles. The van der Waals surface area contributed by atoms with Crippen LogP contribution < -0.4 is 0 Å². The highest BCUT2D eigenvalue weighted by Gasteiger charge is 2.40. The van der Waals surface area contributed by atoms with Crippen molar-refractivity contribution in [2.75, 3.05) is 6.54 Å². The molecule has 2 rings (SSSR count). The van der Waals surface area contributed by atoms with Crippen molar-refractivity contribution in [3.63, 3.8) is 0 Å². The van der Waals surface area contributed by atoms with Gasteiger partial charge in [0, 0.05) is 6.54 Å². The fourth-order valence-electron chi connectivity index (χ4n) is 2.30. The molecule has 1 atom stereocenters.